The number of fused-ring (bicyclic) bond motifs is 1. The van der Waals surface area contributed by atoms with E-state index in [1.165, 1.54) is 4.88 Å². The molecule has 122 valence electrons. The van der Waals surface area contributed by atoms with Crippen LogP contribution in [0.4, 0.5) is 5.13 Å². The highest BCUT2D eigenvalue weighted by molar-refractivity contribution is 7.15. The van der Waals surface area contributed by atoms with E-state index in [9.17, 15) is 0 Å². The van der Waals surface area contributed by atoms with Crippen LogP contribution in [0.2, 0.25) is 10.0 Å². The molecule has 1 aromatic heterocycles. The van der Waals surface area contributed by atoms with Crippen LogP contribution in [-0.2, 0) is 19.4 Å². The van der Waals surface area contributed by atoms with E-state index >= 15 is 0 Å². The molecule has 0 aliphatic carbocycles. The van der Waals surface area contributed by atoms with Crippen LogP contribution in [0, 0.1) is 0 Å². The smallest absolute Gasteiger partial charge is 0.180 e. The predicted octanol–water partition coefficient (Wildman–Crippen LogP) is 4.48. The van der Waals surface area contributed by atoms with Crippen LogP contribution >= 0.6 is 59.4 Å². The SMILES string of the molecule is Cl.Cl.Nc1nc2c(s1)CCN(Cc1ccc(Cl)cc1Cl)CC2. The lowest BCUT2D eigenvalue weighted by atomic mass is 10.2. The predicted molar refractivity (Wildman–Crippen MR) is 100 cm³/mol. The number of aromatic nitrogens is 1. The molecule has 0 atom stereocenters. The first-order chi connectivity index (χ1) is 9.61. The van der Waals surface area contributed by atoms with E-state index in [0.29, 0.717) is 10.2 Å². The molecule has 8 heteroatoms. The molecule has 0 bridgehead atoms. The molecule has 22 heavy (non-hydrogen) atoms. The number of thiazole rings is 1. The zero-order valence-electron chi connectivity index (χ0n) is 11.7. The fourth-order valence-corrected chi connectivity index (χ4v) is 3.81. The minimum atomic E-state index is 0. The van der Waals surface area contributed by atoms with Gasteiger partial charge in [0.05, 0.1) is 5.69 Å². The van der Waals surface area contributed by atoms with E-state index in [1.807, 2.05) is 12.1 Å². The average Bonchev–Trinajstić information content (AvgIpc) is 2.66. The van der Waals surface area contributed by atoms with Crippen molar-refractivity contribution in [1.29, 1.82) is 0 Å². The van der Waals surface area contributed by atoms with Crippen molar-refractivity contribution < 1.29 is 0 Å². The molecule has 3 nitrogen and oxygen atoms in total. The maximum atomic E-state index is 6.24. The van der Waals surface area contributed by atoms with E-state index in [2.05, 4.69) is 9.88 Å². The van der Waals surface area contributed by atoms with Crippen molar-refractivity contribution in [3.05, 3.63) is 44.4 Å². The molecule has 2 N–H and O–H groups in total. The van der Waals surface area contributed by atoms with E-state index in [4.69, 9.17) is 28.9 Å². The third-order valence-electron chi connectivity index (χ3n) is 3.52. The van der Waals surface area contributed by atoms with Crippen molar-refractivity contribution in [3.63, 3.8) is 0 Å². The van der Waals surface area contributed by atoms with E-state index in [-0.39, 0.29) is 24.8 Å². The van der Waals surface area contributed by atoms with Crippen LogP contribution in [0.1, 0.15) is 16.1 Å². The Morgan fingerprint density at radius 1 is 1.18 bits per heavy atom. The highest BCUT2D eigenvalue weighted by atomic mass is 35.5. The molecule has 0 unspecified atom stereocenters. The number of rotatable bonds is 2. The van der Waals surface area contributed by atoms with Crippen molar-refractivity contribution >= 4 is 64.5 Å². The Labute approximate surface area is 156 Å². The minimum absolute atomic E-state index is 0. The summed E-state index contributed by atoms with van der Waals surface area (Å²) in [7, 11) is 0. The number of nitrogens with zero attached hydrogens (tertiary/aromatic N) is 2. The molecule has 1 aromatic carbocycles. The lowest BCUT2D eigenvalue weighted by molar-refractivity contribution is 0.279. The maximum Gasteiger partial charge on any atom is 0.180 e. The van der Waals surface area contributed by atoms with E-state index in [1.54, 1.807) is 17.4 Å². The molecule has 1 aliphatic rings. The van der Waals surface area contributed by atoms with Gasteiger partial charge in [0.25, 0.3) is 0 Å². The van der Waals surface area contributed by atoms with Gasteiger partial charge in [-0.3, -0.25) is 4.90 Å². The quantitative estimate of drug-likeness (QED) is 0.807. The Morgan fingerprint density at radius 2 is 1.91 bits per heavy atom. The zero-order valence-corrected chi connectivity index (χ0v) is 15.7. The number of halogens is 4. The first-order valence-electron chi connectivity index (χ1n) is 6.52. The average molecular weight is 401 g/mol. The Hall–Kier alpha value is -0.230. The number of hydrogen-bond donors (Lipinski definition) is 1. The summed E-state index contributed by atoms with van der Waals surface area (Å²) in [5.74, 6) is 0. The topological polar surface area (TPSA) is 42.1 Å². The Balaban J connectivity index is 0.00000121. The molecular weight excluding hydrogens is 384 g/mol. The second kappa shape index (κ2) is 8.57. The van der Waals surface area contributed by atoms with Gasteiger partial charge in [-0.2, -0.15) is 0 Å². The number of hydrogen-bond acceptors (Lipinski definition) is 4. The van der Waals surface area contributed by atoms with Crippen molar-refractivity contribution in [2.75, 3.05) is 18.8 Å². The summed E-state index contributed by atoms with van der Waals surface area (Å²) < 4.78 is 0. The van der Waals surface area contributed by atoms with Gasteiger partial charge in [0.1, 0.15) is 0 Å². The first-order valence-corrected chi connectivity index (χ1v) is 8.09. The molecule has 2 aromatic rings. The van der Waals surface area contributed by atoms with Gasteiger partial charge in [-0.05, 0) is 24.1 Å². The summed E-state index contributed by atoms with van der Waals surface area (Å²) >= 11 is 13.8. The van der Waals surface area contributed by atoms with Gasteiger partial charge in [0.2, 0.25) is 0 Å². The number of benzene rings is 1. The second-order valence-electron chi connectivity index (χ2n) is 4.93. The lowest BCUT2D eigenvalue weighted by Crippen LogP contribution is -2.26. The summed E-state index contributed by atoms with van der Waals surface area (Å²) in [5.41, 5.74) is 8.05. The van der Waals surface area contributed by atoms with Gasteiger partial charge >= 0.3 is 0 Å². The Kier molecular flexibility index (Phi) is 7.72. The fourth-order valence-electron chi connectivity index (χ4n) is 2.48. The van der Waals surface area contributed by atoms with Gasteiger partial charge in [-0.25, -0.2) is 4.98 Å². The lowest BCUT2D eigenvalue weighted by Gasteiger charge is -2.20. The summed E-state index contributed by atoms with van der Waals surface area (Å²) in [6.07, 6.45) is 1.96. The summed E-state index contributed by atoms with van der Waals surface area (Å²) in [5, 5.41) is 2.10. The number of nitrogens with two attached hydrogens (primary N) is 1. The summed E-state index contributed by atoms with van der Waals surface area (Å²) in [6, 6.07) is 5.69. The van der Waals surface area contributed by atoms with Crippen LogP contribution < -0.4 is 5.73 Å². The van der Waals surface area contributed by atoms with Crippen molar-refractivity contribution in [2.45, 2.75) is 19.4 Å². The van der Waals surface area contributed by atoms with Crippen molar-refractivity contribution in [1.82, 2.24) is 9.88 Å². The largest absolute Gasteiger partial charge is 0.375 e. The monoisotopic (exact) mass is 399 g/mol. The normalized spacial score (nSPS) is 14.5. The fraction of sp³-hybridized carbons (Fsp3) is 0.357. The van der Waals surface area contributed by atoms with Gasteiger partial charge in [-0.1, -0.05) is 29.3 Å². The Bertz CT molecular complexity index is 607. The van der Waals surface area contributed by atoms with Gasteiger partial charge in [0, 0.05) is 41.0 Å². The molecular formula is C14H17Cl4N3S. The molecule has 0 radical (unpaired) electrons. The molecule has 2 heterocycles. The molecule has 0 saturated carbocycles. The highest BCUT2D eigenvalue weighted by Crippen LogP contribution is 2.26. The van der Waals surface area contributed by atoms with Crippen LogP contribution in [-0.4, -0.2) is 23.0 Å². The van der Waals surface area contributed by atoms with Crippen molar-refractivity contribution in [3.8, 4) is 0 Å². The van der Waals surface area contributed by atoms with Gasteiger partial charge in [0.15, 0.2) is 5.13 Å². The second-order valence-corrected chi connectivity index (χ2v) is 6.89. The molecule has 0 saturated heterocycles. The van der Waals surface area contributed by atoms with E-state index < -0.39 is 0 Å². The third kappa shape index (κ3) is 4.63. The van der Waals surface area contributed by atoms with Gasteiger partial charge in [-0.15, -0.1) is 36.2 Å². The number of nitrogen functional groups attached to an aromatic ring is 1. The number of anilines is 1. The molecule has 3 rings (SSSR count). The van der Waals surface area contributed by atoms with Crippen LogP contribution in [0.3, 0.4) is 0 Å². The van der Waals surface area contributed by atoms with Crippen molar-refractivity contribution in [2.24, 2.45) is 0 Å². The standard InChI is InChI=1S/C14H15Cl2N3S.2ClH/c15-10-2-1-9(11(16)7-10)8-19-5-3-12-13(4-6-19)20-14(17)18-12;;/h1-2,7H,3-6,8H2,(H2,17,18);2*1H. The van der Waals surface area contributed by atoms with Crippen LogP contribution in [0.25, 0.3) is 0 Å². The molecule has 0 fully saturated rings. The Morgan fingerprint density at radius 3 is 2.64 bits per heavy atom. The first kappa shape index (κ1) is 19.8. The molecule has 0 spiro atoms. The zero-order chi connectivity index (χ0) is 14.1. The summed E-state index contributed by atoms with van der Waals surface area (Å²) in [4.78, 5) is 8.14. The third-order valence-corrected chi connectivity index (χ3v) is 5.10. The molecule has 0 amide bonds. The molecule has 1 aliphatic heterocycles. The van der Waals surface area contributed by atoms with Crippen LogP contribution in [0.15, 0.2) is 18.2 Å². The summed E-state index contributed by atoms with van der Waals surface area (Å²) in [6.45, 7) is 2.84. The highest BCUT2D eigenvalue weighted by Gasteiger charge is 2.18. The maximum absolute atomic E-state index is 6.24. The van der Waals surface area contributed by atoms with Gasteiger partial charge < -0.3 is 5.73 Å². The van der Waals surface area contributed by atoms with Crippen LogP contribution in [0.5, 0.6) is 0 Å². The minimum Gasteiger partial charge on any atom is -0.375 e. The van der Waals surface area contributed by atoms with E-state index in [0.717, 1.165) is 48.8 Å².